The van der Waals surface area contributed by atoms with E-state index in [1.165, 1.54) is 39.9 Å². The van der Waals surface area contributed by atoms with Crippen molar-refractivity contribution in [3.63, 3.8) is 0 Å². The molecule has 0 saturated carbocycles. The molecule has 4 rings (SSSR count). The molecule has 182 valence electrons. The van der Waals surface area contributed by atoms with Gasteiger partial charge in [0.1, 0.15) is 0 Å². The average molecular weight is 544 g/mol. The van der Waals surface area contributed by atoms with Gasteiger partial charge in [-0.25, -0.2) is 8.42 Å². The number of hydrogen-bond donors (Lipinski definition) is 0. The summed E-state index contributed by atoms with van der Waals surface area (Å²) in [7, 11) is -3.64. The second-order valence-corrected chi connectivity index (χ2v) is 11.2. The van der Waals surface area contributed by atoms with Crippen LogP contribution in [0.25, 0.3) is 10.2 Å². The molecule has 0 aliphatic carbocycles. The molecule has 1 aromatic heterocycles. The summed E-state index contributed by atoms with van der Waals surface area (Å²) in [6.07, 6.45) is 0. The van der Waals surface area contributed by atoms with E-state index in [9.17, 15) is 13.2 Å². The number of sulfonamides is 1. The fraction of sp³-hybridized carbons (Fsp3) is 0.364. The maximum absolute atomic E-state index is 12.9. The van der Waals surface area contributed by atoms with Gasteiger partial charge < -0.3 is 14.0 Å². The van der Waals surface area contributed by atoms with Crippen LogP contribution in [-0.4, -0.2) is 62.7 Å². The third-order valence-electron chi connectivity index (χ3n) is 5.26. The largest absolute Gasteiger partial charge is 0.380 e. The summed E-state index contributed by atoms with van der Waals surface area (Å²) >= 11 is 13.9. The summed E-state index contributed by atoms with van der Waals surface area (Å²) in [6, 6.07) is 9.23. The number of carbonyl (C=O) groups is 1. The van der Waals surface area contributed by atoms with E-state index in [0.29, 0.717) is 60.9 Å². The SMILES string of the molecule is CCOCCn1c(=NC(=O)c2ccc(S(=O)(=O)N3CCOCC3)cc2)sc2cc(Cl)cc(Cl)c21. The third kappa shape index (κ3) is 5.38. The number of rotatable bonds is 7. The second kappa shape index (κ2) is 10.9. The van der Waals surface area contributed by atoms with Crippen LogP contribution in [0.1, 0.15) is 17.3 Å². The lowest BCUT2D eigenvalue weighted by Crippen LogP contribution is -2.40. The molecule has 0 atom stereocenters. The zero-order chi connectivity index (χ0) is 24.3. The molecule has 1 amide bonds. The standard InChI is InChI=1S/C22H23Cl2N3O5S2/c1-2-31-12-9-27-20-18(24)13-16(23)14-19(20)33-22(27)25-21(28)15-3-5-17(6-4-15)34(29,30)26-7-10-32-11-8-26/h3-6,13-14H,2,7-12H2,1H3. The number of benzene rings is 2. The molecule has 0 spiro atoms. The highest BCUT2D eigenvalue weighted by atomic mass is 35.5. The molecule has 12 heteroatoms. The van der Waals surface area contributed by atoms with Crippen molar-refractivity contribution in [1.82, 2.24) is 8.87 Å². The van der Waals surface area contributed by atoms with E-state index in [-0.39, 0.29) is 10.5 Å². The number of fused-ring (bicyclic) bond motifs is 1. The van der Waals surface area contributed by atoms with Crippen molar-refractivity contribution in [3.8, 4) is 0 Å². The van der Waals surface area contributed by atoms with Crippen LogP contribution in [0.5, 0.6) is 0 Å². The number of halogens is 2. The topological polar surface area (TPSA) is 90.2 Å². The predicted octanol–water partition coefficient (Wildman–Crippen LogP) is 3.81. The van der Waals surface area contributed by atoms with Crippen LogP contribution in [0.3, 0.4) is 0 Å². The summed E-state index contributed by atoms with van der Waals surface area (Å²) in [5.74, 6) is -0.491. The van der Waals surface area contributed by atoms with Crippen LogP contribution in [0.2, 0.25) is 10.0 Å². The normalized spacial score (nSPS) is 15.8. The molecule has 1 saturated heterocycles. The van der Waals surface area contributed by atoms with Crippen LogP contribution < -0.4 is 4.80 Å². The fourth-order valence-electron chi connectivity index (χ4n) is 3.58. The molecule has 0 bridgehead atoms. The fourth-order valence-corrected chi connectivity index (χ4v) is 6.82. The molecule has 2 heterocycles. The number of ether oxygens (including phenoxy) is 2. The van der Waals surface area contributed by atoms with Gasteiger partial charge in [0.25, 0.3) is 5.91 Å². The molecule has 3 aromatic rings. The summed E-state index contributed by atoms with van der Waals surface area (Å²) < 4.78 is 40.3. The van der Waals surface area contributed by atoms with Crippen molar-refractivity contribution >= 4 is 60.7 Å². The lowest BCUT2D eigenvalue weighted by Gasteiger charge is -2.26. The van der Waals surface area contributed by atoms with Gasteiger partial charge in [-0.1, -0.05) is 34.5 Å². The number of amides is 1. The molecule has 0 unspecified atom stereocenters. The van der Waals surface area contributed by atoms with Crippen molar-refractivity contribution in [3.05, 3.63) is 56.8 Å². The van der Waals surface area contributed by atoms with Crippen LogP contribution in [0.4, 0.5) is 0 Å². The van der Waals surface area contributed by atoms with Crippen molar-refractivity contribution < 1.29 is 22.7 Å². The van der Waals surface area contributed by atoms with Gasteiger partial charge in [0.2, 0.25) is 10.0 Å². The lowest BCUT2D eigenvalue weighted by atomic mass is 10.2. The Bertz CT molecular complexity index is 1360. The van der Waals surface area contributed by atoms with Crippen LogP contribution in [0.15, 0.2) is 46.3 Å². The van der Waals surface area contributed by atoms with Crippen molar-refractivity contribution in [2.45, 2.75) is 18.4 Å². The highest BCUT2D eigenvalue weighted by molar-refractivity contribution is 7.89. The number of aromatic nitrogens is 1. The van der Waals surface area contributed by atoms with Gasteiger partial charge in [-0.2, -0.15) is 9.30 Å². The van der Waals surface area contributed by atoms with E-state index in [2.05, 4.69) is 4.99 Å². The van der Waals surface area contributed by atoms with Gasteiger partial charge in [-0.05, 0) is 43.3 Å². The van der Waals surface area contributed by atoms with Gasteiger partial charge >= 0.3 is 0 Å². The van der Waals surface area contributed by atoms with Crippen molar-refractivity contribution in [2.24, 2.45) is 4.99 Å². The Morgan fingerprint density at radius 3 is 2.56 bits per heavy atom. The van der Waals surface area contributed by atoms with E-state index < -0.39 is 15.9 Å². The summed E-state index contributed by atoms with van der Waals surface area (Å²) in [4.78, 5) is 17.8. The minimum Gasteiger partial charge on any atom is -0.380 e. The molecule has 1 fully saturated rings. The van der Waals surface area contributed by atoms with Crippen molar-refractivity contribution in [2.75, 3.05) is 39.5 Å². The van der Waals surface area contributed by atoms with E-state index in [4.69, 9.17) is 32.7 Å². The summed E-state index contributed by atoms with van der Waals surface area (Å²) in [5, 5.41) is 0.951. The maximum Gasteiger partial charge on any atom is 0.279 e. The monoisotopic (exact) mass is 543 g/mol. The number of morpholine rings is 1. The Morgan fingerprint density at radius 1 is 1.18 bits per heavy atom. The molecule has 0 radical (unpaired) electrons. The van der Waals surface area contributed by atoms with Crippen LogP contribution in [-0.2, 0) is 26.0 Å². The number of nitrogens with zero attached hydrogens (tertiary/aromatic N) is 3. The minimum atomic E-state index is -3.64. The first-order valence-electron chi connectivity index (χ1n) is 10.6. The highest BCUT2D eigenvalue weighted by Gasteiger charge is 2.26. The lowest BCUT2D eigenvalue weighted by molar-refractivity contribution is 0.0730. The Hall–Kier alpha value is -1.79. The van der Waals surface area contributed by atoms with E-state index in [0.717, 1.165) is 10.2 Å². The first-order valence-corrected chi connectivity index (χ1v) is 13.7. The van der Waals surface area contributed by atoms with E-state index in [1.807, 2.05) is 11.5 Å². The molecular formula is C22H23Cl2N3O5S2. The van der Waals surface area contributed by atoms with E-state index in [1.54, 1.807) is 12.1 Å². The number of hydrogen-bond acceptors (Lipinski definition) is 6. The highest BCUT2D eigenvalue weighted by Crippen LogP contribution is 2.29. The van der Waals surface area contributed by atoms with Crippen molar-refractivity contribution in [1.29, 1.82) is 0 Å². The Balaban J connectivity index is 1.66. The predicted molar refractivity (Wildman–Crippen MR) is 132 cm³/mol. The molecule has 1 aliphatic rings. The quantitative estimate of drug-likeness (QED) is 0.422. The smallest absolute Gasteiger partial charge is 0.279 e. The number of thiazole rings is 1. The Morgan fingerprint density at radius 2 is 1.88 bits per heavy atom. The van der Waals surface area contributed by atoms with Gasteiger partial charge in [-0.3, -0.25) is 4.79 Å². The maximum atomic E-state index is 12.9. The van der Waals surface area contributed by atoms with Crippen LogP contribution >= 0.6 is 34.5 Å². The zero-order valence-corrected chi connectivity index (χ0v) is 21.5. The first kappa shape index (κ1) is 25.3. The Kier molecular flexibility index (Phi) is 8.08. The zero-order valence-electron chi connectivity index (χ0n) is 18.4. The van der Waals surface area contributed by atoms with Gasteiger partial charge in [0.15, 0.2) is 4.80 Å². The van der Waals surface area contributed by atoms with Crippen LogP contribution in [0, 0.1) is 0 Å². The third-order valence-corrected chi connectivity index (χ3v) is 8.71. The van der Waals surface area contributed by atoms with E-state index >= 15 is 0 Å². The average Bonchev–Trinajstić information content (AvgIpc) is 3.16. The molecule has 0 N–H and O–H groups in total. The number of carbonyl (C=O) groups excluding carboxylic acids is 1. The second-order valence-electron chi connectivity index (χ2n) is 7.43. The molecular weight excluding hydrogens is 521 g/mol. The Labute approximate surface area is 211 Å². The summed E-state index contributed by atoms with van der Waals surface area (Å²) in [6.45, 7) is 4.69. The molecule has 1 aliphatic heterocycles. The molecule has 8 nitrogen and oxygen atoms in total. The minimum absolute atomic E-state index is 0.126. The van der Waals surface area contributed by atoms with Gasteiger partial charge in [-0.15, -0.1) is 0 Å². The molecule has 34 heavy (non-hydrogen) atoms. The van der Waals surface area contributed by atoms with Gasteiger partial charge in [0.05, 0.1) is 40.0 Å². The first-order chi connectivity index (χ1) is 16.3. The molecule has 2 aromatic carbocycles. The summed E-state index contributed by atoms with van der Waals surface area (Å²) in [5.41, 5.74) is 1.01. The van der Waals surface area contributed by atoms with Gasteiger partial charge in [0, 0.05) is 36.8 Å².